The Morgan fingerprint density at radius 2 is 2.06 bits per heavy atom. The van der Waals surface area contributed by atoms with E-state index in [9.17, 15) is 8.42 Å². The lowest BCUT2D eigenvalue weighted by Gasteiger charge is -2.11. The molecule has 1 aromatic rings. The van der Waals surface area contributed by atoms with Crippen LogP contribution < -0.4 is 4.72 Å². The third-order valence-corrected chi connectivity index (χ3v) is 3.51. The van der Waals surface area contributed by atoms with Gasteiger partial charge in [-0.15, -0.1) is 0 Å². The summed E-state index contributed by atoms with van der Waals surface area (Å²) in [6, 6.07) is 7.06. The average molecular weight is 259 g/mol. The average Bonchev–Trinajstić information content (AvgIpc) is 2.29. The molecule has 0 saturated carbocycles. The van der Waals surface area contributed by atoms with Crippen molar-refractivity contribution in [3.63, 3.8) is 0 Å². The monoisotopic (exact) mass is 259 g/mol. The number of methoxy groups -OCH3 is 1. The number of aliphatic hydroxyl groups excluding tert-OH is 1. The van der Waals surface area contributed by atoms with Crippen LogP contribution in [0.4, 0.5) is 5.69 Å². The molecule has 0 amide bonds. The van der Waals surface area contributed by atoms with Gasteiger partial charge in [-0.25, -0.2) is 8.42 Å². The van der Waals surface area contributed by atoms with Crippen molar-refractivity contribution in [2.45, 2.75) is 13.0 Å². The molecule has 0 radical (unpaired) electrons. The largest absolute Gasteiger partial charge is 0.396 e. The molecule has 0 saturated heterocycles. The first-order valence-corrected chi connectivity index (χ1v) is 6.92. The molecular formula is C11H17NO4S. The normalized spacial score (nSPS) is 11.4. The Balaban J connectivity index is 2.80. The van der Waals surface area contributed by atoms with Gasteiger partial charge in [-0.05, 0) is 12.5 Å². The minimum atomic E-state index is -3.40. The molecule has 0 aliphatic heterocycles. The predicted molar refractivity (Wildman–Crippen MR) is 66.3 cm³/mol. The Bertz CT molecular complexity index is 445. The van der Waals surface area contributed by atoms with Gasteiger partial charge in [0.05, 0.1) is 18.0 Å². The summed E-state index contributed by atoms with van der Waals surface area (Å²) in [5.41, 5.74) is 1.30. The number of sulfonamides is 1. The third-order valence-electron chi connectivity index (χ3n) is 2.15. The minimum Gasteiger partial charge on any atom is -0.396 e. The molecule has 0 aromatic heterocycles. The van der Waals surface area contributed by atoms with Gasteiger partial charge < -0.3 is 9.84 Å². The summed E-state index contributed by atoms with van der Waals surface area (Å²) in [5, 5.41) is 8.62. The van der Waals surface area contributed by atoms with Crippen LogP contribution in [-0.4, -0.2) is 33.0 Å². The van der Waals surface area contributed by atoms with Gasteiger partial charge >= 0.3 is 0 Å². The number of hydrogen-bond acceptors (Lipinski definition) is 4. The zero-order valence-corrected chi connectivity index (χ0v) is 10.5. The summed E-state index contributed by atoms with van der Waals surface area (Å²) < 4.78 is 30.8. The number of aliphatic hydroxyl groups is 1. The van der Waals surface area contributed by atoms with E-state index in [1.54, 1.807) is 25.3 Å². The molecular weight excluding hydrogens is 242 g/mol. The highest BCUT2D eigenvalue weighted by Gasteiger charge is 2.11. The molecule has 2 N–H and O–H groups in total. The van der Waals surface area contributed by atoms with E-state index in [1.807, 2.05) is 6.07 Å². The van der Waals surface area contributed by atoms with Gasteiger partial charge in [0.2, 0.25) is 10.0 Å². The van der Waals surface area contributed by atoms with Gasteiger partial charge in [0, 0.05) is 19.3 Å². The summed E-state index contributed by atoms with van der Waals surface area (Å²) in [6.07, 6.45) is 0.224. The SMILES string of the molecule is COCc1ccccc1NS(=O)(=O)CCCO. The number of nitrogens with one attached hydrogen (secondary N) is 1. The zero-order valence-electron chi connectivity index (χ0n) is 9.72. The highest BCUT2D eigenvalue weighted by molar-refractivity contribution is 7.92. The van der Waals surface area contributed by atoms with Crippen molar-refractivity contribution in [1.82, 2.24) is 0 Å². The van der Waals surface area contributed by atoms with Gasteiger partial charge in [-0.3, -0.25) is 4.72 Å². The smallest absolute Gasteiger partial charge is 0.232 e. The van der Waals surface area contributed by atoms with E-state index < -0.39 is 10.0 Å². The molecule has 17 heavy (non-hydrogen) atoms. The van der Waals surface area contributed by atoms with Crippen LogP contribution in [0.25, 0.3) is 0 Å². The van der Waals surface area contributed by atoms with Crippen molar-refractivity contribution in [2.75, 3.05) is 24.2 Å². The Morgan fingerprint density at radius 3 is 2.71 bits per heavy atom. The number of benzene rings is 1. The van der Waals surface area contributed by atoms with Gasteiger partial charge in [-0.2, -0.15) is 0 Å². The summed E-state index contributed by atoms with van der Waals surface area (Å²) >= 11 is 0. The molecule has 0 fully saturated rings. The first-order chi connectivity index (χ1) is 8.09. The molecule has 5 nitrogen and oxygen atoms in total. The molecule has 0 aliphatic carbocycles. The Morgan fingerprint density at radius 1 is 1.35 bits per heavy atom. The second-order valence-corrected chi connectivity index (χ2v) is 5.43. The third kappa shape index (κ3) is 4.72. The van der Waals surface area contributed by atoms with Crippen molar-refractivity contribution in [2.24, 2.45) is 0 Å². The molecule has 0 unspecified atom stereocenters. The second kappa shape index (κ2) is 6.58. The molecule has 1 rings (SSSR count). The first kappa shape index (κ1) is 14.0. The van der Waals surface area contributed by atoms with Gasteiger partial charge in [0.25, 0.3) is 0 Å². The lowest BCUT2D eigenvalue weighted by molar-refractivity contribution is 0.185. The van der Waals surface area contributed by atoms with Crippen molar-refractivity contribution < 1.29 is 18.3 Å². The highest BCUT2D eigenvalue weighted by atomic mass is 32.2. The number of rotatable bonds is 7. The molecule has 1 aromatic carbocycles. The van der Waals surface area contributed by atoms with E-state index >= 15 is 0 Å². The first-order valence-electron chi connectivity index (χ1n) is 5.27. The molecule has 0 atom stereocenters. The van der Waals surface area contributed by atoms with Crippen LogP contribution in [0.1, 0.15) is 12.0 Å². The Kier molecular flexibility index (Phi) is 5.40. The Labute approximate surface area is 101 Å². The summed E-state index contributed by atoms with van der Waals surface area (Å²) in [7, 11) is -1.85. The van der Waals surface area contributed by atoms with Crippen LogP contribution in [0.15, 0.2) is 24.3 Å². The Hall–Kier alpha value is -1.11. The van der Waals surface area contributed by atoms with Crippen molar-refractivity contribution in [1.29, 1.82) is 0 Å². The van der Waals surface area contributed by atoms with E-state index in [1.165, 1.54) is 0 Å². The lowest BCUT2D eigenvalue weighted by Crippen LogP contribution is -2.18. The van der Waals surface area contributed by atoms with Crippen molar-refractivity contribution >= 4 is 15.7 Å². The van der Waals surface area contributed by atoms with E-state index in [-0.39, 0.29) is 18.8 Å². The number of hydrogen-bond donors (Lipinski definition) is 2. The van der Waals surface area contributed by atoms with Crippen LogP contribution in [0.5, 0.6) is 0 Å². The van der Waals surface area contributed by atoms with Crippen LogP contribution >= 0.6 is 0 Å². The second-order valence-electron chi connectivity index (χ2n) is 3.59. The fraction of sp³-hybridized carbons (Fsp3) is 0.455. The van der Waals surface area contributed by atoms with Crippen LogP contribution in [0, 0.1) is 0 Å². The van der Waals surface area contributed by atoms with Crippen LogP contribution in [-0.2, 0) is 21.4 Å². The summed E-state index contributed by atoms with van der Waals surface area (Å²) in [4.78, 5) is 0. The van der Waals surface area contributed by atoms with Crippen LogP contribution in [0.3, 0.4) is 0 Å². The fourth-order valence-electron chi connectivity index (χ4n) is 1.37. The molecule has 0 bridgehead atoms. The molecule has 0 spiro atoms. The van der Waals surface area contributed by atoms with Gasteiger partial charge in [0.15, 0.2) is 0 Å². The van der Waals surface area contributed by atoms with Crippen LogP contribution in [0.2, 0.25) is 0 Å². The number of para-hydroxylation sites is 1. The van der Waals surface area contributed by atoms with E-state index in [4.69, 9.17) is 9.84 Å². The van der Waals surface area contributed by atoms with Gasteiger partial charge in [-0.1, -0.05) is 18.2 Å². The van der Waals surface area contributed by atoms with Crippen molar-refractivity contribution in [3.05, 3.63) is 29.8 Å². The summed E-state index contributed by atoms with van der Waals surface area (Å²) in [5.74, 6) is -0.0924. The van der Waals surface area contributed by atoms with E-state index in [0.717, 1.165) is 5.56 Å². The quantitative estimate of drug-likeness (QED) is 0.764. The number of ether oxygens (including phenoxy) is 1. The predicted octanol–water partition coefficient (Wildman–Crippen LogP) is 0.957. The van der Waals surface area contributed by atoms with Gasteiger partial charge in [0.1, 0.15) is 0 Å². The number of anilines is 1. The van der Waals surface area contributed by atoms with E-state index in [0.29, 0.717) is 12.3 Å². The molecule has 0 heterocycles. The standard InChI is InChI=1S/C11H17NO4S/c1-16-9-10-5-2-3-6-11(10)12-17(14,15)8-4-7-13/h2-3,5-6,12-13H,4,7-9H2,1H3. The zero-order chi connectivity index (χ0) is 12.7. The lowest BCUT2D eigenvalue weighted by atomic mass is 10.2. The highest BCUT2D eigenvalue weighted by Crippen LogP contribution is 2.17. The maximum absolute atomic E-state index is 11.7. The molecule has 6 heteroatoms. The van der Waals surface area contributed by atoms with E-state index in [2.05, 4.69) is 4.72 Å². The molecule has 96 valence electrons. The summed E-state index contributed by atoms with van der Waals surface area (Å²) in [6.45, 7) is 0.208. The maximum atomic E-state index is 11.7. The topological polar surface area (TPSA) is 75.6 Å². The minimum absolute atomic E-state index is 0.0924. The fourth-order valence-corrected chi connectivity index (χ4v) is 2.52. The molecule has 0 aliphatic rings. The maximum Gasteiger partial charge on any atom is 0.232 e. The van der Waals surface area contributed by atoms with Crippen molar-refractivity contribution in [3.8, 4) is 0 Å².